The molecular formula is C9H9BrClNO2. The van der Waals surface area contributed by atoms with Gasteiger partial charge in [0.1, 0.15) is 6.04 Å². The van der Waals surface area contributed by atoms with E-state index in [4.69, 9.17) is 16.7 Å². The molecule has 0 amide bonds. The van der Waals surface area contributed by atoms with E-state index >= 15 is 0 Å². The molecule has 0 saturated carbocycles. The number of hydrogen-bond donors (Lipinski definition) is 2. The molecule has 0 bridgehead atoms. The van der Waals surface area contributed by atoms with Gasteiger partial charge >= 0.3 is 5.97 Å². The van der Waals surface area contributed by atoms with Gasteiger partial charge in [-0.1, -0.05) is 11.6 Å². The Hall–Kier alpha value is -0.740. The Bertz CT molecular complexity index is 357. The van der Waals surface area contributed by atoms with Crippen LogP contribution in [0.5, 0.6) is 0 Å². The highest BCUT2D eigenvalue weighted by atomic mass is 79.9. The van der Waals surface area contributed by atoms with Crippen molar-refractivity contribution in [2.45, 2.75) is 13.0 Å². The molecule has 0 aromatic heterocycles. The highest BCUT2D eigenvalue weighted by Gasteiger charge is 2.10. The Morgan fingerprint density at radius 3 is 2.79 bits per heavy atom. The summed E-state index contributed by atoms with van der Waals surface area (Å²) in [5.41, 5.74) is 0.719. The molecule has 0 aliphatic rings. The Morgan fingerprint density at radius 2 is 2.29 bits per heavy atom. The van der Waals surface area contributed by atoms with Crippen LogP contribution in [0, 0.1) is 0 Å². The number of carbonyl (C=O) groups is 1. The van der Waals surface area contributed by atoms with Gasteiger partial charge in [-0.3, -0.25) is 4.79 Å². The van der Waals surface area contributed by atoms with Gasteiger partial charge in [-0.25, -0.2) is 0 Å². The van der Waals surface area contributed by atoms with Gasteiger partial charge < -0.3 is 10.4 Å². The van der Waals surface area contributed by atoms with Crippen LogP contribution in [0.15, 0.2) is 22.7 Å². The number of halogens is 2. The molecule has 0 fully saturated rings. The third-order valence-corrected chi connectivity index (χ3v) is 2.89. The standard InChI is InChI=1S/C9H9BrClNO2/c1-5(9(13)14)12-6-2-3-8(11)7(10)4-6/h2-5,12H,1H3,(H,13,14). The summed E-state index contributed by atoms with van der Waals surface area (Å²) in [7, 11) is 0. The monoisotopic (exact) mass is 277 g/mol. The summed E-state index contributed by atoms with van der Waals surface area (Å²) < 4.78 is 0.738. The number of carboxylic acid groups (broad SMARTS) is 1. The lowest BCUT2D eigenvalue weighted by Crippen LogP contribution is -2.25. The maximum atomic E-state index is 10.6. The molecule has 0 aliphatic carbocycles. The van der Waals surface area contributed by atoms with Crippen LogP contribution in [-0.4, -0.2) is 17.1 Å². The van der Waals surface area contributed by atoms with Crippen molar-refractivity contribution in [3.63, 3.8) is 0 Å². The second-order valence-corrected chi connectivity index (χ2v) is 4.09. The van der Waals surface area contributed by atoms with E-state index in [1.54, 1.807) is 25.1 Å². The van der Waals surface area contributed by atoms with E-state index in [1.165, 1.54) is 0 Å². The van der Waals surface area contributed by atoms with Gasteiger partial charge in [-0.05, 0) is 41.1 Å². The Labute approximate surface area is 95.2 Å². The predicted molar refractivity (Wildman–Crippen MR) is 59.9 cm³/mol. The van der Waals surface area contributed by atoms with Crippen molar-refractivity contribution < 1.29 is 9.90 Å². The van der Waals surface area contributed by atoms with Gasteiger partial charge in [0.05, 0.1) is 5.02 Å². The molecular weight excluding hydrogens is 269 g/mol. The topological polar surface area (TPSA) is 49.3 Å². The minimum Gasteiger partial charge on any atom is -0.480 e. The quantitative estimate of drug-likeness (QED) is 0.893. The zero-order valence-corrected chi connectivity index (χ0v) is 9.76. The van der Waals surface area contributed by atoms with E-state index in [-0.39, 0.29) is 0 Å². The highest BCUT2D eigenvalue weighted by Crippen LogP contribution is 2.25. The summed E-state index contributed by atoms with van der Waals surface area (Å²) >= 11 is 9.04. The normalized spacial score (nSPS) is 12.2. The van der Waals surface area contributed by atoms with Crippen molar-refractivity contribution in [1.29, 1.82) is 0 Å². The molecule has 0 radical (unpaired) electrons. The van der Waals surface area contributed by atoms with Gasteiger partial charge in [0, 0.05) is 10.2 Å². The molecule has 0 aliphatic heterocycles. The van der Waals surface area contributed by atoms with Gasteiger partial charge in [0.15, 0.2) is 0 Å². The first kappa shape index (κ1) is 11.3. The van der Waals surface area contributed by atoms with Crippen LogP contribution in [0.4, 0.5) is 5.69 Å². The van der Waals surface area contributed by atoms with Crippen molar-refractivity contribution in [1.82, 2.24) is 0 Å². The molecule has 14 heavy (non-hydrogen) atoms. The number of carboxylic acids is 1. The summed E-state index contributed by atoms with van der Waals surface area (Å²) in [5.74, 6) is -0.893. The average Bonchev–Trinajstić information content (AvgIpc) is 2.11. The van der Waals surface area contributed by atoms with Crippen molar-refractivity contribution in [3.05, 3.63) is 27.7 Å². The average molecular weight is 279 g/mol. The van der Waals surface area contributed by atoms with Crippen molar-refractivity contribution in [2.24, 2.45) is 0 Å². The van der Waals surface area contributed by atoms with Crippen LogP contribution >= 0.6 is 27.5 Å². The maximum Gasteiger partial charge on any atom is 0.325 e. The summed E-state index contributed by atoms with van der Waals surface area (Å²) in [5, 5.41) is 12.1. The van der Waals surface area contributed by atoms with Gasteiger partial charge in [0.25, 0.3) is 0 Å². The van der Waals surface area contributed by atoms with Gasteiger partial charge in [0.2, 0.25) is 0 Å². The minimum atomic E-state index is -0.893. The van der Waals surface area contributed by atoms with Crippen LogP contribution in [0.3, 0.4) is 0 Å². The van der Waals surface area contributed by atoms with Gasteiger partial charge in [-0.15, -0.1) is 0 Å². The molecule has 1 atom stereocenters. The molecule has 1 unspecified atom stereocenters. The summed E-state index contributed by atoms with van der Waals surface area (Å²) in [6.07, 6.45) is 0. The first-order valence-corrected chi connectivity index (χ1v) is 5.12. The molecule has 0 heterocycles. The van der Waals surface area contributed by atoms with Crippen LogP contribution in [-0.2, 0) is 4.79 Å². The fourth-order valence-corrected chi connectivity index (χ4v) is 1.39. The van der Waals surface area contributed by atoms with Crippen molar-refractivity contribution >= 4 is 39.2 Å². The van der Waals surface area contributed by atoms with Crippen LogP contribution < -0.4 is 5.32 Å². The zero-order valence-electron chi connectivity index (χ0n) is 7.42. The van der Waals surface area contributed by atoms with E-state index in [0.717, 1.165) is 10.2 Å². The predicted octanol–water partition coefficient (Wildman–Crippen LogP) is 2.99. The van der Waals surface area contributed by atoms with Crippen molar-refractivity contribution in [2.75, 3.05) is 5.32 Å². The Kier molecular flexibility index (Phi) is 3.77. The number of rotatable bonds is 3. The number of benzene rings is 1. The summed E-state index contributed by atoms with van der Waals surface area (Å²) in [4.78, 5) is 10.6. The molecule has 5 heteroatoms. The van der Waals surface area contributed by atoms with Gasteiger partial charge in [-0.2, -0.15) is 0 Å². The maximum absolute atomic E-state index is 10.6. The molecule has 76 valence electrons. The number of hydrogen-bond acceptors (Lipinski definition) is 2. The Balaban J connectivity index is 2.78. The lowest BCUT2D eigenvalue weighted by Gasteiger charge is -2.11. The fraction of sp³-hybridized carbons (Fsp3) is 0.222. The number of aliphatic carboxylic acids is 1. The SMILES string of the molecule is CC(Nc1ccc(Cl)c(Br)c1)C(=O)O. The zero-order chi connectivity index (χ0) is 10.7. The van der Waals surface area contributed by atoms with E-state index in [2.05, 4.69) is 21.2 Å². The van der Waals surface area contributed by atoms with Crippen LogP contribution in [0.25, 0.3) is 0 Å². The second kappa shape index (κ2) is 4.66. The first-order chi connectivity index (χ1) is 6.50. The Morgan fingerprint density at radius 1 is 1.64 bits per heavy atom. The second-order valence-electron chi connectivity index (χ2n) is 2.83. The minimum absolute atomic E-state index is 0.596. The van der Waals surface area contributed by atoms with E-state index in [0.29, 0.717) is 5.02 Å². The molecule has 0 spiro atoms. The smallest absolute Gasteiger partial charge is 0.325 e. The lowest BCUT2D eigenvalue weighted by molar-refractivity contribution is -0.137. The molecule has 1 rings (SSSR count). The number of anilines is 1. The lowest BCUT2D eigenvalue weighted by atomic mass is 10.2. The molecule has 2 N–H and O–H groups in total. The summed E-state index contributed by atoms with van der Waals surface area (Å²) in [6, 6.07) is 4.54. The fourth-order valence-electron chi connectivity index (χ4n) is 0.898. The molecule has 0 saturated heterocycles. The highest BCUT2D eigenvalue weighted by molar-refractivity contribution is 9.10. The number of nitrogens with one attached hydrogen (secondary N) is 1. The van der Waals surface area contributed by atoms with Crippen LogP contribution in [0.1, 0.15) is 6.92 Å². The molecule has 1 aromatic rings. The van der Waals surface area contributed by atoms with E-state index in [9.17, 15) is 4.79 Å². The molecule has 3 nitrogen and oxygen atoms in total. The van der Waals surface area contributed by atoms with Crippen molar-refractivity contribution in [3.8, 4) is 0 Å². The third kappa shape index (κ3) is 2.89. The van der Waals surface area contributed by atoms with E-state index in [1.807, 2.05) is 0 Å². The third-order valence-electron chi connectivity index (χ3n) is 1.67. The first-order valence-electron chi connectivity index (χ1n) is 3.95. The largest absolute Gasteiger partial charge is 0.480 e. The summed E-state index contributed by atoms with van der Waals surface area (Å²) in [6.45, 7) is 1.57. The van der Waals surface area contributed by atoms with Crippen LogP contribution in [0.2, 0.25) is 5.02 Å². The van der Waals surface area contributed by atoms with E-state index < -0.39 is 12.0 Å². The molecule has 1 aromatic carbocycles.